The third-order valence-corrected chi connectivity index (χ3v) is 4.18. The molecule has 0 spiro atoms. The molecule has 1 unspecified atom stereocenters. The van der Waals surface area contributed by atoms with E-state index >= 15 is 0 Å². The number of imidazole rings is 1. The largest absolute Gasteiger partial charge is 0.494 e. The summed E-state index contributed by atoms with van der Waals surface area (Å²) >= 11 is 0. The molecule has 1 atom stereocenters. The van der Waals surface area contributed by atoms with Crippen LogP contribution in [0.5, 0.6) is 5.75 Å². The maximum atomic E-state index is 14.5. The summed E-state index contributed by atoms with van der Waals surface area (Å²) in [7, 11) is 1.48. The highest BCUT2D eigenvalue weighted by Crippen LogP contribution is 2.31. The van der Waals surface area contributed by atoms with Gasteiger partial charge in [0.2, 0.25) is 0 Å². The van der Waals surface area contributed by atoms with Crippen LogP contribution in [0.1, 0.15) is 19.4 Å². The van der Waals surface area contributed by atoms with Crippen LogP contribution in [0.15, 0.2) is 30.6 Å². The van der Waals surface area contributed by atoms with E-state index in [1.807, 2.05) is 6.20 Å². The molecule has 2 aromatic rings. The van der Waals surface area contributed by atoms with Gasteiger partial charge in [-0.1, -0.05) is 13.0 Å². The summed E-state index contributed by atoms with van der Waals surface area (Å²) in [4.78, 5) is 6.77. The van der Waals surface area contributed by atoms with Crippen LogP contribution in [0.2, 0.25) is 0 Å². The first kappa shape index (κ1) is 14.1. The molecule has 0 aliphatic carbocycles. The number of aromatic nitrogens is 2. The van der Waals surface area contributed by atoms with E-state index in [1.54, 1.807) is 24.4 Å². The summed E-state index contributed by atoms with van der Waals surface area (Å²) < 4.78 is 21.6. The third kappa shape index (κ3) is 2.53. The van der Waals surface area contributed by atoms with Crippen LogP contribution in [0, 0.1) is 5.82 Å². The zero-order chi connectivity index (χ0) is 14.8. The number of benzene rings is 1. The van der Waals surface area contributed by atoms with E-state index in [9.17, 15) is 4.39 Å². The minimum Gasteiger partial charge on any atom is -0.494 e. The first-order chi connectivity index (χ1) is 10.2. The molecule has 1 aromatic carbocycles. The fourth-order valence-electron chi connectivity index (χ4n) is 2.98. The summed E-state index contributed by atoms with van der Waals surface area (Å²) in [5, 5.41) is 0. The molecule has 1 aliphatic heterocycles. The molecule has 5 heteroatoms. The molecule has 0 amide bonds. The van der Waals surface area contributed by atoms with E-state index in [1.165, 1.54) is 7.11 Å². The van der Waals surface area contributed by atoms with Gasteiger partial charge in [0, 0.05) is 31.5 Å². The molecule has 0 radical (unpaired) electrons. The van der Waals surface area contributed by atoms with Gasteiger partial charge >= 0.3 is 0 Å². The molecular formula is C16H20FN3O. The van der Waals surface area contributed by atoms with Crippen LogP contribution in [-0.2, 0) is 0 Å². The van der Waals surface area contributed by atoms with E-state index in [0.29, 0.717) is 17.4 Å². The molecule has 2 heterocycles. The van der Waals surface area contributed by atoms with Crippen molar-refractivity contribution < 1.29 is 9.13 Å². The smallest absolute Gasteiger partial charge is 0.175 e. The van der Waals surface area contributed by atoms with Crippen molar-refractivity contribution in [1.29, 1.82) is 0 Å². The van der Waals surface area contributed by atoms with E-state index < -0.39 is 0 Å². The van der Waals surface area contributed by atoms with Gasteiger partial charge in [-0.2, -0.15) is 0 Å². The molecule has 1 fully saturated rings. The predicted octanol–water partition coefficient (Wildman–Crippen LogP) is 2.96. The zero-order valence-electron chi connectivity index (χ0n) is 12.4. The van der Waals surface area contributed by atoms with Gasteiger partial charge in [0.1, 0.15) is 5.82 Å². The summed E-state index contributed by atoms with van der Waals surface area (Å²) in [5.74, 6) is 0.579. The number of likely N-dealkylation sites (tertiary alicyclic amines) is 1. The molecule has 0 N–H and O–H groups in total. The molecule has 21 heavy (non-hydrogen) atoms. The highest BCUT2D eigenvalue weighted by Gasteiger charge is 2.25. The molecule has 1 aromatic heterocycles. The topological polar surface area (TPSA) is 30.3 Å². The SMILES string of the molecule is CCN1CCC(n2ccnc2-c2cccc(OC)c2F)C1. The van der Waals surface area contributed by atoms with Gasteiger partial charge in [0.15, 0.2) is 11.6 Å². The number of rotatable bonds is 4. The Hall–Kier alpha value is -1.88. The lowest BCUT2D eigenvalue weighted by atomic mass is 10.1. The Labute approximate surface area is 124 Å². The number of hydrogen-bond donors (Lipinski definition) is 0. The van der Waals surface area contributed by atoms with Crippen molar-refractivity contribution >= 4 is 0 Å². The van der Waals surface area contributed by atoms with Gasteiger partial charge in [-0.05, 0) is 25.1 Å². The minimum atomic E-state index is -0.349. The van der Waals surface area contributed by atoms with Gasteiger partial charge < -0.3 is 14.2 Å². The van der Waals surface area contributed by atoms with E-state index in [4.69, 9.17) is 4.74 Å². The lowest BCUT2D eigenvalue weighted by Crippen LogP contribution is -2.21. The van der Waals surface area contributed by atoms with Crippen LogP contribution >= 0.6 is 0 Å². The van der Waals surface area contributed by atoms with Crippen molar-refractivity contribution in [3.05, 3.63) is 36.4 Å². The van der Waals surface area contributed by atoms with Gasteiger partial charge in [0.25, 0.3) is 0 Å². The van der Waals surface area contributed by atoms with E-state index in [-0.39, 0.29) is 11.6 Å². The van der Waals surface area contributed by atoms with Crippen molar-refractivity contribution in [2.24, 2.45) is 0 Å². The van der Waals surface area contributed by atoms with Crippen LogP contribution in [0.4, 0.5) is 4.39 Å². The average Bonchev–Trinajstić information content (AvgIpc) is 3.15. The summed E-state index contributed by atoms with van der Waals surface area (Å²) in [5.41, 5.74) is 0.495. The number of nitrogens with zero attached hydrogens (tertiary/aromatic N) is 3. The van der Waals surface area contributed by atoms with Crippen LogP contribution < -0.4 is 4.74 Å². The fourth-order valence-corrected chi connectivity index (χ4v) is 2.98. The Kier molecular flexibility index (Phi) is 3.92. The standard InChI is InChI=1S/C16H20FN3O/c1-3-19-9-7-12(11-19)20-10-8-18-16(20)13-5-4-6-14(21-2)15(13)17/h4-6,8,10,12H,3,7,9,11H2,1-2H3. The van der Waals surface area contributed by atoms with Crippen molar-refractivity contribution in [2.45, 2.75) is 19.4 Å². The highest BCUT2D eigenvalue weighted by atomic mass is 19.1. The maximum Gasteiger partial charge on any atom is 0.175 e. The lowest BCUT2D eigenvalue weighted by Gasteiger charge is -2.17. The molecule has 1 saturated heterocycles. The summed E-state index contributed by atoms with van der Waals surface area (Å²) in [6, 6.07) is 5.53. The second-order valence-corrected chi connectivity index (χ2v) is 5.32. The van der Waals surface area contributed by atoms with E-state index in [2.05, 4.69) is 21.4 Å². The van der Waals surface area contributed by atoms with Crippen LogP contribution in [-0.4, -0.2) is 41.2 Å². The molecule has 112 valence electrons. The summed E-state index contributed by atoms with van der Waals surface area (Å²) in [6.07, 6.45) is 4.75. The number of likely N-dealkylation sites (N-methyl/N-ethyl adjacent to an activating group) is 1. The third-order valence-electron chi connectivity index (χ3n) is 4.18. The maximum absolute atomic E-state index is 14.5. The van der Waals surface area contributed by atoms with Gasteiger partial charge in [0.05, 0.1) is 12.7 Å². The van der Waals surface area contributed by atoms with Crippen LogP contribution in [0.3, 0.4) is 0 Å². The number of halogens is 1. The van der Waals surface area contributed by atoms with Crippen molar-refractivity contribution in [2.75, 3.05) is 26.7 Å². The molecule has 0 saturated carbocycles. The van der Waals surface area contributed by atoms with Gasteiger partial charge in [-0.15, -0.1) is 0 Å². The second-order valence-electron chi connectivity index (χ2n) is 5.32. The van der Waals surface area contributed by atoms with Gasteiger partial charge in [-0.25, -0.2) is 9.37 Å². The first-order valence-electron chi connectivity index (χ1n) is 7.32. The van der Waals surface area contributed by atoms with Crippen molar-refractivity contribution in [3.63, 3.8) is 0 Å². The quantitative estimate of drug-likeness (QED) is 0.867. The Morgan fingerprint density at radius 3 is 3.00 bits per heavy atom. The van der Waals surface area contributed by atoms with Crippen molar-refractivity contribution in [1.82, 2.24) is 14.5 Å². The molecule has 0 bridgehead atoms. The minimum absolute atomic E-state index is 0.253. The average molecular weight is 289 g/mol. The summed E-state index contributed by atoms with van der Waals surface area (Å²) in [6.45, 7) is 5.29. The molecule has 3 rings (SSSR count). The lowest BCUT2D eigenvalue weighted by molar-refractivity contribution is 0.341. The number of methoxy groups -OCH3 is 1. The Morgan fingerprint density at radius 2 is 2.29 bits per heavy atom. The zero-order valence-corrected chi connectivity index (χ0v) is 12.4. The monoisotopic (exact) mass is 289 g/mol. The number of hydrogen-bond acceptors (Lipinski definition) is 3. The Morgan fingerprint density at radius 1 is 1.43 bits per heavy atom. The molecule has 4 nitrogen and oxygen atoms in total. The number of ether oxygens (including phenoxy) is 1. The Balaban J connectivity index is 1.96. The van der Waals surface area contributed by atoms with Crippen molar-refractivity contribution in [3.8, 4) is 17.1 Å². The molecular weight excluding hydrogens is 269 g/mol. The highest BCUT2D eigenvalue weighted by molar-refractivity contribution is 5.59. The predicted molar refractivity (Wildman–Crippen MR) is 79.9 cm³/mol. The molecule has 1 aliphatic rings. The first-order valence-corrected chi connectivity index (χ1v) is 7.32. The second kappa shape index (κ2) is 5.85. The van der Waals surface area contributed by atoms with Gasteiger partial charge in [-0.3, -0.25) is 0 Å². The van der Waals surface area contributed by atoms with E-state index in [0.717, 1.165) is 26.1 Å². The normalized spacial score (nSPS) is 19.1. The fraction of sp³-hybridized carbons (Fsp3) is 0.438. The Bertz CT molecular complexity index is 626. The van der Waals surface area contributed by atoms with Crippen LogP contribution in [0.25, 0.3) is 11.4 Å².